The SMILES string of the molecule is Cc1cccc(Nc2ncc(C(=O)Nc3ccc(Oc4ccccc4)cc3)cn2)c1. The number of nitrogens with zero attached hydrogens (tertiary/aromatic N) is 2. The molecule has 3 aromatic carbocycles. The number of ether oxygens (including phenoxy) is 1. The van der Waals surface area contributed by atoms with Crippen molar-refractivity contribution in [2.24, 2.45) is 0 Å². The van der Waals surface area contributed by atoms with E-state index in [0.717, 1.165) is 17.0 Å². The van der Waals surface area contributed by atoms with E-state index < -0.39 is 0 Å². The average molecular weight is 396 g/mol. The Morgan fingerprint density at radius 3 is 2.20 bits per heavy atom. The van der Waals surface area contributed by atoms with Crippen LogP contribution in [0.15, 0.2) is 91.3 Å². The maximum Gasteiger partial charge on any atom is 0.258 e. The highest BCUT2D eigenvalue weighted by atomic mass is 16.5. The Morgan fingerprint density at radius 2 is 1.50 bits per heavy atom. The largest absolute Gasteiger partial charge is 0.457 e. The van der Waals surface area contributed by atoms with E-state index in [1.165, 1.54) is 12.4 Å². The van der Waals surface area contributed by atoms with Crippen LogP contribution < -0.4 is 15.4 Å². The van der Waals surface area contributed by atoms with E-state index in [4.69, 9.17) is 4.74 Å². The van der Waals surface area contributed by atoms with E-state index in [-0.39, 0.29) is 5.91 Å². The lowest BCUT2D eigenvalue weighted by Crippen LogP contribution is -2.13. The van der Waals surface area contributed by atoms with Crippen molar-refractivity contribution in [2.75, 3.05) is 10.6 Å². The van der Waals surface area contributed by atoms with E-state index in [0.29, 0.717) is 22.9 Å². The van der Waals surface area contributed by atoms with Gasteiger partial charge in [-0.15, -0.1) is 0 Å². The molecule has 6 heteroatoms. The van der Waals surface area contributed by atoms with Crippen LogP contribution in [-0.4, -0.2) is 15.9 Å². The van der Waals surface area contributed by atoms with Gasteiger partial charge in [-0.2, -0.15) is 0 Å². The summed E-state index contributed by atoms with van der Waals surface area (Å²) in [6, 6.07) is 24.6. The average Bonchev–Trinajstić information content (AvgIpc) is 2.76. The number of benzene rings is 3. The monoisotopic (exact) mass is 396 g/mol. The molecule has 0 saturated carbocycles. The highest BCUT2D eigenvalue weighted by Gasteiger charge is 2.08. The van der Waals surface area contributed by atoms with Crippen LogP contribution in [0.5, 0.6) is 11.5 Å². The van der Waals surface area contributed by atoms with Crippen LogP contribution >= 0.6 is 0 Å². The van der Waals surface area contributed by atoms with Crippen LogP contribution in [0.1, 0.15) is 15.9 Å². The molecule has 0 atom stereocenters. The minimum atomic E-state index is -0.283. The molecule has 1 aromatic heterocycles. The van der Waals surface area contributed by atoms with Crippen LogP contribution in [0.3, 0.4) is 0 Å². The van der Waals surface area contributed by atoms with Crippen LogP contribution in [0, 0.1) is 6.92 Å². The summed E-state index contributed by atoms with van der Waals surface area (Å²) in [6.45, 7) is 2.01. The van der Waals surface area contributed by atoms with Gasteiger partial charge in [-0.25, -0.2) is 9.97 Å². The predicted octanol–water partition coefficient (Wildman–Crippen LogP) is 5.57. The molecule has 4 aromatic rings. The summed E-state index contributed by atoms with van der Waals surface area (Å²) >= 11 is 0. The summed E-state index contributed by atoms with van der Waals surface area (Å²) in [5.41, 5.74) is 3.05. The second-order valence-corrected chi connectivity index (χ2v) is 6.68. The Hall–Kier alpha value is -4.19. The molecule has 0 aliphatic rings. The Kier molecular flexibility index (Phi) is 5.66. The van der Waals surface area contributed by atoms with Crippen molar-refractivity contribution < 1.29 is 9.53 Å². The third-order valence-electron chi connectivity index (χ3n) is 4.28. The maximum absolute atomic E-state index is 12.5. The van der Waals surface area contributed by atoms with Gasteiger partial charge in [-0.1, -0.05) is 30.3 Å². The minimum Gasteiger partial charge on any atom is -0.457 e. The van der Waals surface area contributed by atoms with Crippen LogP contribution in [0.4, 0.5) is 17.3 Å². The number of para-hydroxylation sites is 1. The minimum absolute atomic E-state index is 0.283. The van der Waals surface area contributed by atoms with Crippen molar-refractivity contribution in [3.05, 3.63) is 102 Å². The van der Waals surface area contributed by atoms with Crippen molar-refractivity contribution in [3.8, 4) is 11.5 Å². The van der Waals surface area contributed by atoms with E-state index in [1.807, 2.05) is 61.5 Å². The molecule has 0 unspecified atom stereocenters. The molecule has 0 radical (unpaired) electrons. The summed E-state index contributed by atoms with van der Waals surface area (Å²) in [7, 11) is 0. The molecule has 0 aliphatic carbocycles. The second-order valence-electron chi connectivity index (χ2n) is 6.68. The zero-order valence-corrected chi connectivity index (χ0v) is 16.4. The molecular weight excluding hydrogens is 376 g/mol. The van der Waals surface area contributed by atoms with Crippen LogP contribution in [-0.2, 0) is 0 Å². The van der Waals surface area contributed by atoms with Gasteiger partial charge in [0.2, 0.25) is 5.95 Å². The molecule has 30 heavy (non-hydrogen) atoms. The van der Waals surface area contributed by atoms with Gasteiger partial charge in [0.25, 0.3) is 5.91 Å². The summed E-state index contributed by atoms with van der Waals surface area (Å²) in [5.74, 6) is 1.59. The number of rotatable bonds is 6. The van der Waals surface area contributed by atoms with E-state index in [1.54, 1.807) is 24.3 Å². The smallest absolute Gasteiger partial charge is 0.258 e. The molecule has 0 aliphatic heterocycles. The maximum atomic E-state index is 12.5. The molecule has 0 spiro atoms. The second kappa shape index (κ2) is 8.87. The molecule has 4 rings (SSSR count). The topological polar surface area (TPSA) is 76.1 Å². The number of nitrogens with one attached hydrogen (secondary N) is 2. The number of aromatic nitrogens is 2. The number of hydrogen-bond donors (Lipinski definition) is 2. The molecule has 0 fully saturated rings. The molecule has 0 bridgehead atoms. The Bertz CT molecular complexity index is 1130. The first-order valence-corrected chi connectivity index (χ1v) is 9.46. The van der Waals surface area contributed by atoms with Crippen molar-refractivity contribution in [1.82, 2.24) is 9.97 Å². The highest BCUT2D eigenvalue weighted by molar-refractivity contribution is 6.03. The quantitative estimate of drug-likeness (QED) is 0.445. The summed E-state index contributed by atoms with van der Waals surface area (Å²) in [6.07, 6.45) is 2.99. The number of carbonyl (C=O) groups excluding carboxylic acids is 1. The fourth-order valence-electron chi connectivity index (χ4n) is 2.80. The summed E-state index contributed by atoms with van der Waals surface area (Å²) in [4.78, 5) is 20.9. The van der Waals surface area contributed by atoms with Gasteiger partial charge >= 0.3 is 0 Å². The van der Waals surface area contributed by atoms with Gasteiger partial charge in [-0.05, 0) is 61.0 Å². The highest BCUT2D eigenvalue weighted by Crippen LogP contribution is 2.23. The lowest BCUT2D eigenvalue weighted by molar-refractivity contribution is 0.102. The Labute approximate surface area is 174 Å². The van der Waals surface area contributed by atoms with Gasteiger partial charge in [0, 0.05) is 23.8 Å². The molecular formula is C24H20N4O2. The molecule has 1 heterocycles. The van der Waals surface area contributed by atoms with E-state index >= 15 is 0 Å². The van der Waals surface area contributed by atoms with Gasteiger partial charge in [0.15, 0.2) is 0 Å². The number of carbonyl (C=O) groups is 1. The normalized spacial score (nSPS) is 10.3. The van der Waals surface area contributed by atoms with Crippen LogP contribution in [0.2, 0.25) is 0 Å². The van der Waals surface area contributed by atoms with Crippen molar-refractivity contribution in [1.29, 1.82) is 0 Å². The van der Waals surface area contributed by atoms with Crippen molar-refractivity contribution >= 4 is 23.2 Å². The first kappa shape index (κ1) is 19.1. The number of hydrogen-bond acceptors (Lipinski definition) is 5. The third kappa shape index (κ3) is 4.99. The first-order valence-electron chi connectivity index (χ1n) is 9.46. The first-order chi connectivity index (χ1) is 14.7. The van der Waals surface area contributed by atoms with Gasteiger partial charge in [-0.3, -0.25) is 4.79 Å². The standard InChI is InChI=1S/C24H20N4O2/c1-17-6-5-7-20(14-17)28-24-25-15-18(16-26-24)23(29)27-19-10-12-22(13-11-19)30-21-8-3-2-4-9-21/h2-16H,1H3,(H,27,29)(H,25,26,28). The molecule has 2 N–H and O–H groups in total. The third-order valence-corrected chi connectivity index (χ3v) is 4.28. The number of aryl methyl sites for hydroxylation is 1. The molecule has 6 nitrogen and oxygen atoms in total. The fraction of sp³-hybridized carbons (Fsp3) is 0.0417. The zero-order chi connectivity index (χ0) is 20.8. The molecule has 0 saturated heterocycles. The molecule has 148 valence electrons. The van der Waals surface area contributed by atoms with E-state index in [2.05, 4.69) is 20.6 Å². The lowest BCUT2D eigenvalue weighted by atomic mass is 10.2. The summed E-state index contributed by atoms with van der Waals surface area (Å²) < 4.78 is 5.75. The lowest BCUT2D eigenvalue weighted by Gasteiger charge is -2.09. The van der Waals surface area contributed by atoms with Gasteiger partial charge in [0.05, 0.1) is 5.56 Å². The number of amides is 1. The van der Waals surface area contributed by atoms with E-state index in [9.17, 15) is 4.79 Å². The van der Waals surface area contributed by atoms with Gasteiger partial charge in [0.1, 0.15) is 11.5 Å². The predicted molar refractivity (Wildman–Crippen MR) is 117 cm³/mol. The Morgan fingerprint density at radius 1 is 0.800 bits per heavy atom. The Balaban J connectivity index is 1.36. The fourth-order valence-corrected chi connectivity index (χ4v) is 2.80. The zero-order valence-electron chi connectivity index (χ0n) is 16.4. The van der Waals surface area contributed by atoms with Crippen LogP contribution in [0.25, 0.3) is 0 Å². The van der Waals surface area contributed by atoms with Crippen molar-refractivity contribution in [2.45, 2.75) is 6.92 Å². The van der Waals surface area contributed by atoms with Gasteiger partial charge < -0.3 is 15.4 Å². The van der Waals surface area contributed by atoms with Crippen molar-refractivity contribution in [3.63, 3.8) is 0 Å². The summed E-state index contributed by atoms with van der Waals surface area (Å²) in [5, 5.41) is 5.95. The molecule has 1 amide bonds. The number of anilines is 3.